The summed E-state index contributed by atoms with van der Waals surface area (Å²) in [5, 5.41) is 10.0. The fourth-order valence-electron chi connectivity index (χ4n) is 11.6. The number of rotatable bonds is 14. The standard InChI is InChI=1S/C70H80O/c1-44-22-28-57(29-23-44)68(10,11)60-32-26-46(3)64(40-60)48(5)53-18-16-20-55(38-53)50(7)66-42-62(70(14,15)58-30-24-45(2)25-31-58)43-67(52(66)9)51(8)56-21-17-19-54(39-56)49(6)65-41-61(33-27-47(65)4)69(12,13)59-34-36-63(71)37-35-59/h16-25,27-31,33-43,48-51,71H,26,32H2,1-15H3. The minimum absolute atomic E-state index is 0.0302. The Morgan fingerprint density at radius 3 is 1.28 bits per heavy atom. The van der Waals surface area contributed by atoms with Gasteiger partial charge < -0.3 is 5.11 Å². The summed E-state index contributed by atoms with van der Waals surface area (Å²) in [7, 11) is 0. The Morgan fingerprint density at radius 1 is 0.394 bits per heavy atom. The van der Waals surface area contributed by atoms with Gasteiger partial charge in [0.25, 0.3) is 0 Å². The van der Waals surface area contributed by atoms with Gasteiger partial charge in [0.15, 0.2) is 0 Å². The quantitative estimate of drug-likeness (QED) is 0.115. The zero-order valence-corrected chi connectivity index (χ0v) is 45.7. The second-order valence-electron chi connectivity index (χ2n) is 23.1. The molecule has 71 heavy (non-hydrogen) atoms. The molecule has 7 aromatic carbocycles. The van der Waals surface area contributed by atoms with E-state index < -0.39 is 0 Å². The minimum atomic E-state index is -0.220. The summed E-state index contributed by atoms with van der Waals surface area (Å²) in [5.41, 5.74) is 25.4. The molecule has 1 N–H and O–H groups in total. The molecule has 0 aliphatic heterocycles. The van der Waals surface area contributed by atoms with Crippen molar-refractivity contribution in [1.82, 2.24) is 0 Å². The first-order valence-electron chi connectivity index (χ1n) is 26.4. The molecule has 0 radical (unpaired) electrons. The maximum Gasteiger partial charge on any atom is 0.115 e. The summed E-state index contributed by atoms with van der Waals surface area (Å²) >= 11 is 0. The number of hydrogen-bond donors (Lipinski definition) is 1. The molecule has 7 aromatic rings. The van der Waals surface area contributed by atoms with Gasteiger partial charge in [-0.1, -0.05) is 237 Å². The number of aromatic hydroxyl groups is 1. The molecule has 8 rings (SSSR count). The van der Waals surface area contributed by atoms with E-state index in [2.05, 4.69) is 237 Å². The zero-order valence-electron chi connectivity index (χ0n) is 45.7. The van der Waals surface area contributed by atoms with Crippen LogP contribution < -0.4 is 0 Å². The Morgan fingerprint density at radius 2 is 0.789 bits per heavy atom. The maximum atomic E-state index is 10.0. The Balaban J connectivity index is 1.15. The van der Waals surface area contributed by atoms with Crippen LogP contribution >= 0.6 is 0 Å². The third kappa shape index (κ3) is 10.3. The van der Waals surface area contributed by atoms with Crippen LogP contribution in [0.3, 0.4) is 0 Å². The van der Waals surface area contributed by atoms with Crippen LogP contribution in [0.4, 0.5) is 0 Å². The highest BCUT2D eigenvalue weighted by Gasteiger charge is 2.31. The van der Waals surface area contributed by atoms with E-state index in [0.717, 1.165) is 12.8 Å². The molecule has 1 heteroatoms. The predicted molar refractivity (Wildman–Crippen MR) is 304 cm³/mol. The summed E-state index contributed by atoms with van der Waals surface area (Å²) in [6, 6.07) is 57.0. The van der Waals surface area contributed by atoms with Crippen molar-refractivity contribution in [3.63, 3.8) is 0 Å². The molecule has 1 aliphatic carbocycles. The van der Waals surface area contributed by atoms with E-state index in [1.807, 2.05) is 12.1 Å². The maximum absolute atomic E-state index is 10.0. The number of aryl methyl sites for hydroxylation is 3. The molecular weight excluding hydrogens is 857 g/mol. The lowest BCUT2D eigenvalue weighted by Gasteiger charge is -2.33. The van der Waals surface area contributed by atoms with Gasteiger partial charge in [0, 0.05) is 39.9 Å². The molecule has 4 atom stereocenters. The van der Waals surface area contributed by atoms with Gasteiger partial charge in [0.1, 0.15) is 5.75 Å². The van der Waals surface area contributed by atoms with Crippen LogP contribution in [0, 0.1) is 27.7 Å². The molecule has 0 saturated carbocycles. The lowest BCUT2D eigenvalue weighted by atomic mass is 9.71. The summed E-state index contributed by atoms with van der Waals surface area (Å²) < 4.78 is 0. The van der Waals surface area contributed by atoms with Crippen molar-refractivity contribution < 1.29 is 5.11 Å². The molecule has 0 fully saturated rings. The van der Waals surface area contributed by atoms with Gasteiger partial charge >= 0.3 is 0 Å². The van der Waals surface area contributed by atoms with Crippen LogP contribution in [0.25, 0.3) is 0 Å². The Labute approximate surface area is 428 Å². The third-order valence-electron chi connectivity index (χ3n) is 17.4. The monoisotopic (exact) mass is 937 g/mol. The highest BCUT2D eigenvalue weighted by Crippen LogP contribution is 2.45. The molecule has 0 amide bonds. The van der Waals surface area contributed by atoms with E-state index in [9.17, 15) is 5.11 Å². The number of phenols is 1. The van der Waals surface area contributed by atoms with E-state index in [-0.39, 0.29) is 39.9 Å². The highest BCUT2D eigenvalue weighted by molar-refractivity contribution is 5.54. The first-order valence-corrected chi connectivity index (χ1v) is 26.4. The van der Waals surface area contributed by atoms with Gasteiger partial charge in [-0.25, -0.2) is 0 Å². The summed E-state index contributed by atoms with van der Waals surface area (Å²) in [4.78, 5) is 0. The average molecular weight is 937 g/mol. The molecule has 366 valence electrons. The molecule has 0 bridgehead atoms. The van der Waals surface area contributed by atoms with Gasteiger partial charge in [-0.2, -0.15) is 0 Å². The van der Waals surface area contributed by atoms with Crippen molar-refractivity contribution in [2.75, 3.05) is 0 Å². The molecule has 0 saturated heterocycles. The first kappa shape index (κ1) is 51.2. The predicted octanol–water partition coefficient (Wildman–Crippen LogP) is 18.9. The normalized spacial score (nSPS) is 15.3. The summed E-state index contributed by atoms with van der Waals surface area (Å²) in [5.74, 6) is 1.12. The zero-order chi connectivity index (χ0) is 51.2. The van der Waals surface area contributed by atoms with E-state index in [4.69, 9.17) is 0 Å². The average Bonchev–Trinajstić information content (AvgIpc) is 3.36. The van der Waals surface area contributed by atoms with Crippen molar-refractivity contribution in [1.29, 1.82) is 0 Å². The molecule has 0 heterocycles. The molecular formula is C70H80O. The fraction of sp³-hybridized carbons (Fsp3) is 0.343. The van der Waals surface area contributed by atoms with Crippen molar-refractivity contribution in [3.8, 4) is 5.75 Å². The van der Waals surface area contributed by atoms with Crippen molar-refractivity contribution in [2.24, 2.45) is 0 Å². The van der Waals surface area contributed by atoms with E-state index in [0.29, 0.717) is 5.75 Å². The number of hydrogen-bond acceptors (Lipinski definition) is 1. The van der Waals surface area contributed by atoms with E-state index in [1.165, 1.54) is 106 Å². The van der Waals surface area contributed by atoms with E-state index >= 15 is 0 Å². The minimum Gasteiger partial charge on any atom is -0.508 e. The number of benzene rings is 7. The van der Waals surface area contributed by atoms with Crippen LogP contribution in [-0.2, 0) is 16.2 Å². The second-order valence-corrected chi connectivity index (χ2v) is 23.1. The summed E-state index contributed by atoms with van der Waals surface area (Å²) in [6.45, 7) is 35.1. The highest BCUT2D eigenvalue weighted by atomic mass is 16.3. The molecule has 0 spiro atoms. The SMILES string of the molecule is CC1=C(C(C)c2cccc(C(C)c3cc(C(C)(C)c4ccc(C)cc4)cc(C(C)c4cccc(C(C)c5cc(C(C)(C)c6ccc(O)cc6)ccc5C)c4)c3C)c2)C=C(C(C)(C)c2ccc(C)cc2)CC1. The number of allylic oxidation sites excluding steroid dienone is 4. The van der Waals surface area contributed by atoms with Crippen LogP contribution in [0.15, 0.2) is 174 Å². The van der Waals surface area contributed by atoms with Crippen LogP contribution in [-0.4, -0.2) is 5.11 Å². The Bertz CT molecular complexity index is 3090. The van der Waals surface area contributed by atoms with Gasteiger partial charge in [-0.15, -0.1) is 0 Å². The van der Waals surface area contributed by atoms with Crippen LogP contribution in [0.5, 0.6) is 5.75 Å². The second kappa shape index (κ2) is 20.1. The van der Waals surface area contributed by atoms with Crippen LogP contribution in [0.1, 0.15) is 202 Å². The molecule has 1 nitrogen and oxygen atoms in total. The smallest absolute Gasteiger partial charge is 0.115 e. The van der Waals surface area contributed by atoms with Gasteiger partial charge in [0.05, 0.1) is 0 Å². The molecule has 1 aliphatic rings. The third-order valence-corrected chi connectivity index (χ3v) is 17.4. The topological polar surface area (TPSA) is 20.2 Å². The summed E-state index contributed by atoms with van der Waals surface area (Å²) in [6.07, 6.45) is 4.77. The fourth-order valence-corrected chi connectivity index (χ4v) is 11.6. The van der Waals surface area contributed by atoms with Gasteiger partial charge in [0.2, 0.25) is 0 Å². The lowest BCUT2D eigenvalue weighted by Crippen LogP contribution is -2.23. The Hall–Kier alpha value is -6.18. The molecule has 4 unspecified atom stereocenters. The van der Waals surface area contributed by atoms with Crippen molar-refractivity contribution in [2.45, 2.75) is 157 Å². The first-order chi connectivity index (χ1) is 33.6. The van der Waals surface area contributed by atoms with Crippen molar-refractivity contribution in [3.05, 3.63) is 263 Å². The Kier molecular flexibility index (Phi) is 14.5. The van der Waals surface area contributed by atoms with Crippen LogP contribution in [0.2, 0.25) is 0 Å². The largest absolute Gasteiger partial charge is 0.508 e. The van der Waals surface area contributed by atoms with Gasteiger partial charge in [-0.3, -0.25) is 0 Å². The van der Waals surface area contributed by atoms with E-state index in [1.54, 1.807) is 12.1 Å². The lowest BCUT2D eigenvalue weighted by molar-refractivity contribution is 0.474. The molecule has 0 aromatic heterocycles. The van der Waals surface area contributed by atoms with Crippen molar-refractivity contribution >= 4 is 0 Å². The van der Waals surface area contributed by atoms with Gasteiger partial charge in [-0.05, 0) is 143 Å². The number of phenolic OH excluding ortho intramolecular Hbond substituents is 1.